The first-order valence-electron chi connectivity index (χ1n) is 8.16. The van der Waals surface area contributed by atoms with Crippen LogP contribution in [0.1, 0.15) is 25.1 Å². The van der Waals surface area contributed by atoms with Crippen LogP contribution in [0.15, 0.2) is 40.6 Å². The lowest BCUT2D eigenvalue weighted by Crippen LogP contribution is -2.24. The summed E-state index contributed by atoms with van der Waals surface area (Å²) in [4.78, 5) is 30.3. The molecule has 0 saturated carbocycles. The van der Waals surface area contributed by atoms with Gasteiger partial charge in [-0.3, -0.25) is 14.5 Å². The molecule has 0 aliphatic heterocycles. The molecule has 9 heteroatoms. The van der Waals surface area contributed by atoms with Gasteiger partial charge in [-0.2, -0.15) is 5.10 Å². The molecular formula is C18H16Cl2N4O2S. The lowest BCUT2D eigenvalue weighted by atomic mass is 10.1. The van der Waals surface area contributed by atoms with Gasteiger partial charge in [0, 0.05) is 12.3 Å². The summed E-state index contributed by atoms with van der Waals surface area (Å²) in [5.41, 5.74) is 2.04. The van der Waals surface area contributed by atoms with Crippen LogP contribution in [-0.4, -0.2) is 20.7 Å². The summed E-state index contributed by atoms with van der Waals surface area (Å²) in [5, 5.41) is 6.30. The van der Waals surface area contributed by atoms with E-state index in [1.165, 1.54) is 34.7 Å². The van der Waals surface area contributed by atoms with E-state index >= 15 is 0 Å². The van der Waals surface area contributed by atoms with Gasteiger partial charge in [-0.1, -0.05) is 42.3 Å². The molecular weight excluding hydrogens is 407 g/mol. The lowest BCUT2D eigenvalue weighted by molar-refractivity contribution is -0.115. The van der Waals surface area contributed by atoms with Crippen LogP contribution in [0, 0.1) is 0 Å². The van der Waals surface area contributed by atoms with Crippen molar-refractivity contribution in [3.63, 3.8) is 0 Å². The number of amides is 1. The van der Waals surface area contributed by atoms with E-state index < -0.39 is 5.56 Å². The summed E-state index contributed by atoms with van der Waals surface area (Å²) in [5.74, 6) is -0.148. The molecule has 0 bridgehead atoms. The quantitative estimate of drug-likeness (QED) is 0.614. The van der Waals surface area contributed by atoms with Crippen LogP contribution in [0.4, 0.5) is 10.8 Å². The Morgan fingerprint density at radius 1 is 1.26 bits per heavy atom. The Morgan fingerprint density at radius 2 is 1.96 bits per heavy atom. The zero-order valence-electron chi connectivity index (χ0n) is 14.6. The largest absolute Gasteiger partial charge is 0.287 e. The number of benzene rings is 1. The van der Waals surface area contributed by atoms with E-state index in [1.54, 1.807) is 10.3 Å². The third kappa shape index (κ3) is 4.21. The van der Waals surface area contributed by atoms with Crippen LogP contribution >= 0.6 is 34.5 Å². The first kappa shape index (κ1) is 19.5. The number of carbonyl (C=O) groups excluding carboxylic acids is 1. The maximum absolute atomic E-state index is 12.2. The van der Waals surface area contributed by atoms with Crippen LogP contribution in [0.5, 0.6) is 0 Å². The summed E-state index contributed by atoms with van der Waals surface area (Å²) < 4.78 is 1.18. The molecule has 0 fully saturated rings. The van der Waals surface area contributed by atoms with Gasteiger partial charge >= 0.3 is 0 Å². The SMILES string of the molecule is CCc1ccc(N(C(C)=O)c2nc(Cn3ncc(Cl)c(Cl)c3=O)cs2)cc1. The standard InChI is InChI=1S/C18H16Cl2N4O2S/c1-3-12-4-6-14(7-5-12)24(11(2)25)18-22-13(10-27-18)9-23-17(26)16(20)15(19)8-21-23/h4-8,10H,3,9H2,1-2H3. The van der Waals surface area contributed by atoms with Crippen molar-refractivity contribution in [2.75, 3.05) is 4.90 Å². The van der Waals surface area contributed by atoms with E-state index in [0.717, 1.165) is 12.1 Å². The van der Waals surface area contributed by atoms with Crippen molar-refractivity contribution < 1.29 is 4.79 Å². The van der Waals surface area contributed by atoms with E-state index in [9.17, 15) is 9.59 Å². The fraction of sp³-hybridized carbons (Fsp3) is 0.222. The van der Waals surface area contributed by atoms with Crippen LogP contribution in [0.2, 0.25) is 10.0 Å². The Hall–Kier alpha value is -2.22. The number of hydrogen-bond acceptors (Lipinski definition) is 5. The highest BCUT2D eigenvalue weighted by Crippen LogP contribution is 2.29. The first-order valence-corrected chi connectivity index (χ1v) is 9.79. The minimum Gasteiger partial charge on any atom is -0.274 e. The monoisotopic (exact) mass is 422 g/mol. The minimum atomic E-state index is -0.489. The Bertz CT molecular complexity index is 1030. The molecule has 6 nitrogen and oxygen atoms in total. The number of nitrogens with zero attached hydrogens (tertiary/aromatic N) is 4. The summed E-state index contributed by atoms with van der Waals surface area (Å²) in [7, 11) is 0. The number of rotatable bonds is 5. The molecule has 2 aromatic heterocycles. The highest BCUT2D eigenvalue weighted by atomic mass is 35.5. The van der Waals surface area contributed by atoms with Gasteiger partial charge in [-0.05, 0) is 24.1 Å². The van der Waals surface area contributed by atoms with E-state index in [2.05, 4.69) is 17.0 Å². The molecule has 0 radical (unpaired) electrons. The number of aromatic nitrogens is 3. The normalized spacial score (nSPS) is 10.8. The lowest BCUT2D eigenvalue weighted by Gasteiger charge is -2.18. The van der Waals surface area contributed by atoms with E-state index in [-0.39, 0.29) is 22.5 Å². The third-order valence-corrected chi connectivity index (χ3v) is 5.53. The molecule has 3 rings (SSSR count). The maximum Gasteiger partial charge on any atom is 0.287 e. The molecule has 1 amide bonds. The molecule has 0 atom stereocenters. The highest BCUT2D eigenvalue weighted by molar-refractivity contribution is 7.14. The van der Waals surface area contributed by atoms with Gasteiger partial charge in [0.1, 0.15) is 5.02 Å². The molecule has 140 valence electrons. The summed E-state index contributed by atoms with van der Waals surface area (Å²) >= 11 is 13.0. The van der Waals surface area contributed by atoms with E-state index in [4.69, 9.17) is 23.2 Å². The molecule has 0 unspecified atom stereocenters. The predicted octanol–water partition coefficient (Wildman–Crippen LogP) is 4.30. The maximum atomic E-state index is 12.2. The molecule has 1 aromatic carbocycles. The number of aryl methyl sites for hydroxylation is 1. The van der Waals surface area contributed by atoms with Gasteiger partial charge < -0.3 is 0 Å². The molecule has 3 aromatic rings. The highest BCUT2D eigenvalue weighted by Gasteiger charge is 2.18. The zero-order chi connectivity index (χ0) is 19.6. The fourth-order valence-electron chi connectivity index (χ4n) is 2.49. The summed E-state index contributed by atoms with van der Waals surface area (Å²) in [6, 6.07) is 7.76. The van der Waals surface area contributed by atoms with E-state index in [1.807, 2.05) is 24.3 Å². The second-order valence-electron chi connectivity index (χ2n) is 5.77. The zero-order valence-corrected chi connectivity index (χ0v) is 17.0. The van der Waals surface area contributed by atoms with Crippen molar-refractivity contribution >= 4 is 51.3 Å². The molecule has 27 heavy (non-hydrogen) atoms. The molecule has 0 N–H and O–H groups in total. The third-order valence-electron chi connectivity index (χ3n) is 3.90. The Morgan fingerprint density at radius 3 is 2.59 bits per heavy atom. The van der Waals surface area contributed by atoms with Crippen molar-refractivity contribution in [3.8, 4) is 0 Å². The Kier molecular flexibility index (Phi) is 5.94. The average Bonchev–Trinajstić information content (AvgIpc) is 3.10. The van der Waals surface area contributed by atoms with Crippen LogP contribution in [0.3, 0.4) is 0 Å². The molecule has 0 spiro atoms. The Labute approximate surface area is 170 Å². The van der Waals surface area contributed by atoms with E-state index in [0.29, 0.717) is 10.8 Å². The number of hydrogen-bond donors (Lipinski definition) is 0. The van der Waals surface area contributed by atoms with Crippen molar-refractivity contribution in [3.05, 3.63) is 67.5 Å². The minimum absolute atomic E-state index is 0.0801. The molecule has 0 saturated heterocycles. The van der Waals surface area contributed by atoms with Crippen molar-refractivity contribution in [1.82, 2.24) is 14.8 Å². The average molecular weight is 423 g/mol. The van der Waals surface area contributed by atoms with Crippen LogP contribution in [0.25, 0.3) is 0 Å². The van der Waals surface area contributed by atoms with Crippen LogP contribution in [-0.2, 0) is 17.8 Å². The van der Waals surface area contributed by atoms with Crippen molar-refractivity contribution in [2.24, 2.45) is 0 Å². The second-order valence-corrected chi connectivity index (χ2v) is 7.39. The number of halogens is 2. The number of anilines is 2. The smallest absolute Gasteiger partial charge is 0.274 e. The summed E-state index contributed by atoms with van der Waals surface area (Å²) in [6.07, 6.45) is 2.24. The van der Waals surface area contributed by atoms with Gasteiger partial charge in [0.25, 0.3) is 5.56 Å². The molecule has 0 aliphatic rings. The van der Waals surface area contributed by atoms with Crippen molar-refractivity contribution in [1.29, 1.82) is 0 Å². The first-order chi connectivity index (χ1) is 12.9. The van der Waals surface area contributed by atoms with Gasteiger partial charge in [0.2, 0.25) is 5.91 Å². The fourth-order valence-corrected chi connectivity index (χ4v) is 3.64. The number of carbonyl (C=O) groups is 1. The van der Waals surface area contributed by atoms with Gasteiger partial charge in [-0.15, -0.1) is 11.3 Å². The van der Waals surface area contributed by atoms with Gasteiger partial charge in [-0.25, -0.2) is 9.67 Å². The van der Waals surface area contributed by atoms with Gasteiger partial charge in [0.05, 0.1) is 29.1 Å². The predicted molar refractivity (Wildman–Crippen MR) is 108 cm³/mol. The second kappa shape index (κ2) is 8.21. The molecule has 0 aliphatic carbocycles. The van der Waals surface area contributed by atoms with Crippen LogP contribution < -0.4 is 10.5 Å². The van der Waals surface area contributed by atoms with Crippen molar-refractivity contribution in [2.45, 2.75) is 26.8 Å². The molecule has 2 heterocycles. The topological polar surface area (TPSA) is 68.1 Å². The number of thiazole rings is 1. The Balaban J connectivity index is 1.89. The van der Waals surface area contributed by atoms with Gasteiger partial charge in [0.15, 0.2) is 5.13 Å². The summed E-state index contributed by atoms with van der Waals surface area (Å²) in [6.45, 7) is 3.69.